The van der Waals surface area contributed by atoms with Gasteiger partial charge in [0.1, 0.15) is 6.04 Å². The fraction of sp³-hybridized carbons (Fsp3) is 0.733. The third-order valence-electron chi connectivity index (χ3n) is 3.36. The van der Waals surface area contributed by atoms with Crippen molar-refractivity contribution in [3.8, 4) is 0 Å². The summed E-state index contributed by atoms with van der Waals surface area (Å²) < 4.78 is 0. The number of aliphatic hydroxyl groups excluding tert-OH is 1. The molecule has 0 aromatic heterocycles. The molecular weight excluding hydrogens is 364 g/mol. The number of carboxylic acids is 1. The van der Waals surface area contributed by atoms with Crippen molar-refractivity contribution < 1.29 is 29.4 Å². The fourth-order valence-electron chi connectivity index (χ4n) is 1.97. The van der Waals surface area contributed by atoms with Crippen LogP contribution in [0.4, 0.5) is 0 Å². The summed E-state index contributed by atoms with van der Waals surface area (Å²) in [7, 11) is 0. The van der Waals surface area contributed by atoms with Crippen LogP contribution in [0.5, 0.6) is 0 Å². The van der Waals surface area contributed by atoms with E-state index in [0.29, 0.717) is 0 Å². The molecule has 7 N–H and O–H groups in total. The van der Waals surface area contributed by atoms with E-state index in [1.807, 2.05) is 13.8 Å². The van der Waals surface area contributed by atoms with Crippen molar-refractivity contribution in [3.63, 3.8) is 0 Å². The third kappa shape index (κ3) is 9.02. The second kappa shape index (κ2) is 11.7. The van der Waals surface area contributed by atoms with Crippen molar-refractivity contribution in [1.82, 2.24) is 16.0 Å². The molecule has 0 aliphatic rings. The lowest BCUT2D eigenvalue weighted by molar-refractivity contribution is -0.145. The van der Waals surface area contributed by atoms with Crippen LogP contribution in [0.25, 0.3) is 0 Å². The minimum atomic E-state index is -1.50. The molecule has 0 radical (unpaired) electrons. The molecule has 26 heavy (non-hydrogen) atoms. The van der Waals surface area contributed by atoms with Gasteiger partial charge in [-0.15, -0.1) is 0 Å². The van der Waals surface area contributed by atoms with Crippen LogP contribution in [0.1, 0.15) is 27.2 Å². The van der Waals surface area contributed by atoms with E-state index in [2.05, 4.69) is 28.6 Å². The maximum absolute atomic E-state index is 12.3. The van der Waals surface area contributed by atoms with Crippen LogP contribution in [-0.4, -0.2) is 70.4 Å². The molecule has 0 aromatic rings. The van der Waals surface area contributed by atoms with E-state index >= 15 is 0 Å². The number of hydrogen-bond donors (Lipinski definition) is 7. The number of carboxylic acid groups (broad SMARTS) is 1. The Labute approximate surface area is 157 Å². The van der Waals surface area contributed by atoms with Crippen molar-refractivity contribution in [2.75, 3.05) is 12.3 Å². The lowest BCUT2D eigenvalue weighted by Crippen LogP contribution is -2.56. The molecule has 0 aliphatic heterocycles. The van der Waals surface area contributed by atoms with Crippen molar-refractivity contribution in [2.45, 2.75) is 51.4 Å². The average molecular weight is 392 g/mol. The van der Waals surface area contributed by atoms with Crippen LogP contribution < -0.4 is 21.7 Å². The maximum atomic E-state index is 12.3. The number of hydrogen-bond acceptors (Lipinski definition) is 7. The summed E-state index contributed by atoms with van der Waals surface area (Å²) in [6.45, 7) is 4.49. The Balaban J connectivity index is 4.87. The first kappa shape index (κ1) is 24.1. The van der Waals surface area contributed by atoms with Crippen molar-refractivity contribution in [1.29, 1.82) is 0 Å². The first-order chi connectivity index (χ1) is 12.0. The zero-order chi connectivity index (χ0) is 20.4. The number of carbonyl (C=O) groups excluding carboxylic acids is 3. The Morgan fingerprint density at radius 1 is 1.08 bits per heavy atom. The van der Waals surface area contributed by atoms with Crippen LogP contribution in [0, 0.1) is 5.92 Å². The van der Waals surface area contributed by atoms with Crippen LogP contribution in [0.3, 0.4) is 0 Å². The molecule has 0 bridgehead atoms. The highest BCUT2D eigenvalue weighted by Crippen LogP contribution is 2.06. The minimum Gasteiger partial charge on any atom is -0.480 e. The summed E-state index contributed by atoms with van der Waals surface area (Å²) in [5.41, 5.74) is 5.47. The van der Waals surface area contributed by atoms with Crippen molar-refractivity contribution in [2.24, 2.45) is 11.7 Å². The number of carbonyl (C=O) groups is 4. The van der Waals surface area contributed by atoms with Gasteiger partial charge in [-0.3, -0.25) is 14.4 Å². The zero-order valence-electron chi connectivity index (χ0n) is 15.1. The van der Waals surface area contributed by atoms with Gasteiger partial charge in [-0.05, 0) is 19.3 Å². The number of aliphatic hydroxyl groups is 1. The van der Waals surface area contributed by atoms with Crippen molar-refractivity contribution in [3.05, 3.63) is 0 Å². The monoisotopic (exact) mass is 392 g/mol. The largest absolute Gasteiger partial charge is 0.480 e. The van der Waals surface area contributed by atoms with Gasteiger partial charge in [0, 0.05) is 5.75 Å². The zero-order valence-corrected chi connectivity index (χ0v) is 16.0. The normalized spacial score (nSPS) is 15.5. The van der Waals surface area contributed by atoms with Gasteiger partial charge < -0.3 is 31.9 Å². The number of amides is 3. The molecule has 150 valence electrons. The molecule has 0 fully saturated rings. The lowest BCUT2D eigenvalue weighted by Gasteiger charge is -2.24. The molecule has 0 saturated carbocycles. The SMILES string of the molecule is CC(C)CC(NC(=O)CNC(=O)C(N)CS)C(=O)NC(C(=O)O)C(C)O. The van der Waals surface area contributed by atoms with E-state index in [9.17, 15) is 24.3 Å². The molecule has 0 heterocycles. The van der Waals surface area contributed by atoms with E-state index in [-0.39, 0.29) is 24.6 Å². The molecule has 0 spiro atoms. The molecule has 0 saturated heterocycles. The highest BCUT2D eigenvalue weighted by Gasteiger charge is 2.29. The van der Waals surface area contributed by atoms with Gasteiger partial charge in [0.15, 0.2) is 6.04 Å². The topological polar surface area (TPSA) is 171 Å². The molecule has 10 nitrogen and oxygen atoms in total. The lowest BCUT2D eigenvalue weighted by atomic mass is 10.0. The summed E-state index contributed by atoms with van der Waals surface area (Å²) in [5, 5.41) is 25.4. The van der Waals surface area contributed by atoms with Gasteiger partial charge in [-0.1, -0.05) is 13.8 Å². The standard InChI is InChI=1S/C15H28N4O6S/c1-7(2)4-10(14(23)19-12(8(3)20)15(24)25)18-11(21)5-17-13(22)9(16)6-26/h7-10,12,20,26H,4-6,16H2,1-3H3,(H,17,22)(H,18,21)(H,19,23)(H,24,25). The fourth-order valence-corrected chi connectivity index (χ4v) is 2.14. The second-order valence-corrected chi connectivity index (χ2v) is 6.69. The predicted molar refractivity (Wildman–Crippen MR) is 97.5 cm³/mol. The highest BCUT2D eigenvalue weighted by molar-refractivity contribution is 7.80. The first-order valence-corrected chi connectivity index (χ1v) is 8.77. The Morgan fingerprint density at radius 3 is 2.08 bits per heavy atom. The molecule has 0 rings (SSSR count). The average Bonchev–Trinajstić information content (AvgIpc) is 2.54. The van der Waals surface area contributed by atoms with Gasteiger partial charge in [0.2, 0.25) is 17.7 Å². The number of aliphatic carboxylic acids is 1. The molecule has 4 atom stereocenters. The minimum absolute atomic E-state index is 0.0214. The van der Waals surface area contributed by atoms with E-state index in [1.54, 1.807) is 0 Å². The first-order valence-electron chi connectivity index (χ1n) is 8.14. The predicted octanol–water partition coefficient (Wildman–Crippen LogP) is -2.16. The molecule has 0 aromatic carbocycles. The number of rotatable bonds is 11. The van der Waals surface area contributed by atoms with Gasteiger partial charge >= 0.3 is 5.97 Å². The number of nitrogens with one attached hydrogen (secondary N) is 3. The third-order valence-corrected chi connectivity index (χ3v) is 3.76. The Bertz CT molecular complexity index is 514. The quantitative estimate of drug-likeness (QED) is 0.196. The summed E-state index contributed by atoms with van der Waals surface area (Å²) in [4.78, 5) is 46.9. The second-order valence-electron chi connectivity index (χ2n) is 6.32. The molecule has 11 heteroatoms. The van der Waals surface area contributed by atoms with Crippen LogP contribution in [-0.2, 0) is 19.2 Å². The smallest absolute Gasteiger partial charge is 0.328 e. The van der Waals surface area contributed by atoms with E-state index in [0.717, 1.165) is 0 Å². The van der Waals surface area contributed by atoms with Gasteiger partial charge in [0.05, 0.1) is 18.7 Å². The van der Waals surface area contributed by atoms with Crippen LogP contribution in [0.2, 0.25) is 0 Å². The van der Waals surface area contributed by atoms with E-state index in [4.69, 9.17) is 10.8 Å². The van der Waals surface area contributed by atoms with Gasteiger partial charge in [0.25, 0.3) is 0 Å². The maximum Gasteiger partial charge on any atom is 0.328 e. The van der Waals surface area contributed by atoms with E-state index in [1.165, 1.54) is 6.92 Å². The summed E-state index contributed by atoms with van der Waals surface area (Å²) in [6, 6.07) is -3.37. The van der Waals surface area contributed by atoms with Gasteiger partial charge in [-0.2, -0.15) is 12.6 Å². The summed E-state index contributed by atoms with van der Waals surface area (Å²) in [6.07, 6.45) is -1.07. The Morgan fingerprint density at radius 2 is 1.65 bits per heavy atom. The molecule has 0 aliphatic carbocycles. The van der Waals surface area contributed by atoms with Gasteiger partial charge in [-0.25, -0.2) is 4.79 Å². The van der Waals surface area contributed by atoms with E-state index < -0.39 is 47.9 Å². The van der Waals surface area contributed by atoms with Crippen molar-refractivity contribution >= 4 is 36.3 Å². The summed E-state index contributed by atoms with van der Waals surface area (Å²) >= 11 is 3.88. The summed E-state index contributed by atoms with van der Waals surface area (Å²) in [5.74, 6) is -3.18. The molecule has 3 amide bonds. The number of thiol groups is 1. The Kier molecular flexibility index (Phi) is 10.9. The van der Waals surface area contributed by atoms with Crippen LogP contribution >= 0.6 is 12.6 Å². The Hall–Kier alpha value is -1.85. The highest BCUT2D eigenvalue weighted by atomic mass is 32.1. The molecule has 4 unspecified atom stereocenters. The molecular formula is C15H28N4O6S. The van der Waals surface area contributed by atoms with Crippen LogP contribution in [0.15, 0.2) is 0 Å². The number of nitrogens with two attached hydrogens (primary N) is 1.